The smallest absolute Gasteiger partial charge is 0.412 e. The molecule has 1 aromatic heterocycles. The number of rotatable bonds is 7. The predicted octanol–water partition coefficient (Wildman–Crippen LogP) is 7.14. The molecule has 0 saturated heterocycles. The molecule has 1 N–H and O–H groups in total. The molecule has 1 aliphatic carbocycles. The quantitative estimate of drug-likeness (QED) is 0.387. The van der Waals surface area contributed by atoms with Crippen molar-refractivity contribution >= 4 is 33.3 Å². The molecular weight excluding hydrogens is 448 g/mol. The van der Waals surface area contributed by atoms with E-state index >= 15 is 0 Å². The van der Waals surface area contributed by atoms with E-state index in [0.717, 1.165) is 47.5 Å². The molecule has 0 atom stereocenters. The third-order valence-corrected chi connectivity index (χ3v) is 7.20. The molecule has 1 amide bonds. The minimum absolute atomic E-state index is 0.469. The zero-order chi connectivity index (χ0) is 24.1. The summed E-state index contributed by atoms with van der Waals surface area (Å²) in [5.41, 5.74) is 2.16. The number of nitrogens with zero attached hydrogens (tertiary/aromatic N) is 1. The fraction of sp³-hybridized carbons (Fsp3) is 0.481. The Labute approximate surface area is 205 Å². The van der Waals surface area contributed by atoms with E-state index < -0.39 is 11.7 Å². The maximum atomic E-state index is 12.3. The number of thiazole rings is 1. The molecule has 182 valence electrons. The number of hydrogen-bond acceptors (Lipinski definition) is 6. The van der Waals surface area contributed by atoms with Crippen LogP contribution in [0.3, 0.4) is 0 Å². The van der Waals surface area contributed by atoms with Gasteiger partial charge in [0.05, 0.1) is 34.6 Å². The Kier molecular flexibility index (Phi) is 7.73. The summed E-state index contributed by atoms with van der Waals surface area (Å²) in [4.78, 5) is 17.2. The first-order chi connectivity index (χ1) is 16.3. The van der Waals surface area contributed by atoms with Crippen molar-refractivity contribution in [3.63, 3.8) is 0 Å². The van der Waals surface area contributed by atoms with E-state index in [1.807, 2.05) is 51.1 Å². The summed E-state index contributed by atoms with van der Waals surface area (Å²) in [6.07, 6.45) is 4.06. The van der Waals surface area contributed by atoms with Crippen molar-refractivity contribution in [2.45, 2.75) is 64.6 Å². The maximum Gasteiger partial charge on any atom is 0.412 e. The lowest BCUT2D eigenvalue weighted by Gasteiger charge is -2.27. The van der Waals surface area contributed by atoms with E-state index in [1.165, 1.54) is 5.56 Å². The summed E-state index contributed by atoms with van der Waals surface area (Å²) >= 11 is 1.70. The minimum Gasteiger partial charge on any atom is -0.494 e. The highest BCUT2D eigenvalue weighted by molar-refractivity contribution is 7.18. The second-order valence-corrected chi connectivity index (χ2v) is 11.0. The van der Waals surface area contributed by atoms with E-state index in [9.17, 15) is 4.79 Å². The van der Waals surface area contributed by atoms with Gasteiger partial charge in [-0.25, -0.2) is 9.78 Å². The van der Waals surface area contributed by atoms with Crippen LogP contribution in [0, 0.1) is 5.92 Å². The first kappa shape index (κ1) is 24.5. The average Bonchev–Trinajstić information content (AvgIpc) is 3.21. The van der Waals surface area contributed by atoms with Gasteiger partial charge < -0.3 is 14.2 Å². The maximum absolute atomic E-state index is 12.3. The Balaban J connectivity index is 1.36. The van der Waals surface area contributed by atoms with Crippen LogP contribution in [0.15, 0.2) is 42.5 Å². The van der Waals surface area contributed by atoms with Gasteiger partial charge in [-0.1, -0.05) is 30.3 Å². The summed E-state index contributed by atoms with van der Waals surface area (Å²) in [5, 5.41) is 3.98. The molecule has 4 rings (SSSR count). The lowest BCUT2D eigenvalue weighted by molar-refractivity contribution is 0.0635. The van der Waals surface area contributed by atoms with E-state index in [-0.39, 0.29) is 0 Å². The van der Waals surface area contributed by atoms with Gasteiger partial charge in [-0.2, -0.15) is 0 Å². The molecule has 1 aliphatic rings. The molecule has 34 heavy (non-hydrogen) atoms. The topological polar surface area (TPSA) is 69.7 Å². The highest BCUT2D eigenvalue weighted by Gasteiger charge is 2.26. The number of nitrogens with one attached hydrogen (secondary N) is 1. The molecule has 1 saturated carbocycles. The Morgan fingerprint density at radius 3 is 2.53 bits per heavy atom. The van der Waals surface area contributed by atoms with Crippen molar-refractivity contribution in [1.82, 2.24) is 4.98 Å². The number of carbonyl (C=O) groups excluding carboxylic acids is 1. The molecule has 3 aromatic rings. The van der Waals surface area contributed by atoms with Gasteiger partial charge >= 0.3 is 6.09 Å². The number of aromatic nitrogens is 1. The number of benzene rings is 2. The van der Waals surface area contributed by atoms with Gasteiger partial charge in [0.15, 0.2) is 0 Å². The van der Waals surface area contributed by atoms with Crippen LogP contribution < -0.4 is 10.1 Å². The third kappa shape index (κ3) is 6.48. The molecular formula is C27H34N2O4S. The van der Waals surface area contributed by atoms with E-state index in [2.05, 4.69) is 17.4 Å². The van der Waals surface area contributed by atoms with Crippen molar-refractivity contribution in [3.05, 3.63) is 53.0 Å². The number of ether oxygens (including phenoxy) is 3. The fourth-order valence-corrected chi connectivity index (χ4v) is 5.48. The standard InChI is InChI=1S/C27H34N2O4S/c1-27(2,3)33-26(30)29-21-15-24-22(14-23(21)31-4)28-25(34-24)20-12-10-19(11-13-20)17-32-16-18-8-6-5-7-9-18/h5-9,14-15,19-20H,10-13,16-17H2,1-4H3,(H,29,30). The van der Waals surface area contributed by atoms with Crippen LogP contribution in [-0.2, 0) is 16.1 Å². The van der Waals surface area contributed by atoms with Crippen LogP contribution >= 0.6 is 11.3 Å². The van der Waals surface area contributed by atoms with Crippen molar-refractivity contribution in [3.8, 4) is 5.75 Å². The van der Waals surface area contributed by atoms with Crippen molar-refractivity contribution in [2.75, 3.05) is 19.0 Å². The number of methoxy groups -OCH3 is 1. The molecule has 1 heterocycles. The molecule has 0 radical (unpaired) electrons. The van der Waals surface area contributed by atoms with Gasteiger partial charge in [0.1, 0.15) is 11.4 Å². The SMILES string of the molecule is COc1cc2nc(C3CCC(COCc4ccccc4)CC3)sc2cc1NC(=O)OC(C)(C)C. The zero-order valence-corrected chi connectivity index (χ0v) is 21.2. The second kappa shape index (κ2) is 10.7. The molecule has 0 bridgehead atoms. The first-order valence-electron chi connectivity index (χ1n) is 11.9. The number of anilines is 1. The van der Waals surface area contributed by atoms with Crippen LogP contribution in [0.25, 0.3) is 10.2 Å². The molecule has 0 spiro atoms. The number of hydrogen-bond donors (Lipinski definition) is 1. The summed E-state index contributed by atoms with van der Waals surface area (Å²) in [6, 6.07) is 14.2. The molecule has 1 fully saturated rings. The summed E-state index contributed by atoms with van der Waals surface area (Å²) in [5.74, 6) is 1.66. The van der Waals surface area contributed by atoms with Crippen molar-refractivity contribution in [1.29, 1.82) is 0 Å². The lowest BCUT2D eigenvalue weighted by atomic mass is 9.83. The minimum atomic E-state index is -0.565. The Morgan fingerprint density at radius 1 is 1.12 bits per heavy atom. The van der Waals surface area contributed by atoms with Gasteiger partial charge in [-0.15, -0.1) is 11.3 Å². The Bertz CT molecular complexity index is 1100. The Hall–Kier alpha value is -2.64. The van der Waals surface area contributed by atoms with Crippen LogP contribution in [0.4, 0.5) is 10.5 Å². The number of amides is 1. The van der Waals surface area contributed by atoms with Gasteiger partial charge in [-0.3, -0.25) is 5.32 Å². The van der Waals surface area contributed by atoms with Gasteiger partial charge in [0.2, 0.25) is 0 Å². The largest absolute Gasteiger partial charge is 0.494 e. The Morgan fingerprint density at radius 2 is 1.85 bits per heavy atom. The monoisotopic (exact) mass is 482 g/mol. The molecule has 0 unspecified atom stereocenters. The number of fused-ring (bicyclic) bond motifs is 1. The van der Waals surface area contributed by atoms with Crippen LogP contribution in [0.2, 0.25) is 0 Å². The van der Waals surface area contributed by atoms with E-state index in [1.54, 1.807) is 18.4 Å². The third-order valence-electron chi connectivity index (χ3n) is 6.02. The predicted molar refractivity (Wildman–Crippen MR) is 137 cm³/mol. The number of carbonyl (C=O) groups is 1. The molecule has 6 nitrogen and oxygen atoms in total. The van der Waals surface area contributed by atoms with Gasteiger partial charge in [-0.05, 0) is 64.0 Å². The van der Waals surface area contributed by atoms with Crippen molar-refractivity contribution < 1.29 is 19.0 Å². The summed E-state index contributed by atoms with van der Waals surface area (Å²) in [6.45, 7) is 7.02. The first-order valence-corrected chi connectivity index (χ1v) is 12.7. The van der Waals surface area contributed by atoms with Crippen LogP contribution in [0.1, 0.15) is 62.9 Å². The highest BCUT2D eigenvalue weighted by atomic mass is 32.1. The van der Waals surface area contributed by atoms with Crippen LogP contribution in [-0.4, -0.2) is 30.4 Å². The molecule has 0 aliphatic heterocycles. The zero-order valence-electron chi connectivity index (χ0n) is 20.4. The van der Waals surface area contributed by atoms with Crippen LogP contribution in [0.5, 0.6) is 5.75 Å². The van der Waals surface area contributed by atoms with Crippen molar-refractivity contribution in [2.24, 2.45) is 5.92 Å². The normalized spacial score (nSPS) is 18.6. The van der Waals surface area contributed by atoms with E-state index in [4.69, 9.17) is 19.2 Å². The second-order valence-electron chi connectivity index (χ2n) is 9.92. The average molecular weight is 483 g/mol. The fourth-order valence-electron chi connectivity index (χ4n) is 4.32. The molecule has 2 aromatic carbocycles. The highest BCUT2D eigenvalue weighted by Crippen LogP contribution is 2.41. The summed E-state index contributed by atoms with van der Waals surface area (Å²) < 4.78 is 17.9. The summed E-state index contributed by atoms with van der Waals surface area (Å²) in [7, 11) is 1.59. The lowest BCUT2D eigenvalue weighted by Crippen LogP contribution is -2.27. The molecule has 7 heteroatoms. The van der Waals surface area contributed by atoms with Gasteiger partial charge in [0.25, 0.3) is 0 Å². The van der Waals surface area contributed by atoms with E-state index in [0.29, 0.717) is 29.9 Å². The van der Waals surface area contributed by atoms with Gasteiger partial charge in [0, 0.05) is 18.6 Å².